The van der Waals surface area contributed by atoms with Gasteiger partial charge in [0.05, 0.1) is 18.0 Å². The minimum absolute atomic E-state index is 0.0766. The van der Waals surface area contributed by atoms with E-state index in [9.17, 15) is 9.59 Å². The number of ketones is 1. The highest BCUT2D eigenvalue weighted by molar-refractivity contribution is 6.22. The van der Waals surface area contributed by atoms with Crippen LogP contribution >= 0.6 is 0 Å². The number of carbonyl (C=O) groups excluding carboxylic acids is 1. The summed E-state index contributed by atoms with van der Waals surface area (Å²) in [7, 11) is 0. The highest BCUT2D eigenvalue weighted by Gasteiger charge is 2.22. The zero-order valence-corrected chi connectivity index (χ0v) is 13.6. The van der Waals surface area contributed by atoms with Crippen molar-refractivity contribution in [3.05, 3.63) is 33.8 Å². The molecule has 0 atom stereocenters. The van der Waals surface area contributed by atoms with Gasteiger partial charge in [-0.05, 0) is 31.4 Å². The molecule has 1 aliphatic carbocycles. The Morgan fingerprint density at radius 2 is 1.96 bits per heavy atom. The number of hydrogen-bond donors (Lipinski definition) is 3. The summed E-state index contributed by atoms with van der Waals surface area (Å²) in [6, 6.07) is 0. The fourth-order valence-corrected chi connectivity index (χ4v) is 2.90. The van der Waals surface area contributed by atoms with Gasteiger partial charge in [-0.15, -0.1) is 0 Å². The van der Waals surface area contributed by atoms with Gasteiger partial charge in [-0.1, -0.05) is 0 Å². The van der Waals surface area contributed by atoms with Crippen molar-refractivity contribution in [2.75, 3.05) is 18.9 Å². The molecule has 4 N–H and O–H groups in total. The Labute approximate surface area is 139 Å². The maximum absolute atomic E-state index is 12.6. The number of aromatic nitrogens is 2. The van der Waals surface area contributed by atoms with E-state index >= 15 is 0 Å². The number of rotatable bonds is 4. The molecule has 8 heteroatoms. The first-order valence-corrected chi connectivity index (χ1v) is 8.00. The highest BCUT2D eigenvalue weighted by Crippen LogP contribution is 2.24. The van der Waals surface area contributed by atoms with Crippen LogP contribution in [-0.4, -0.2) is 39.1 Å². The van der Waals surface area contributed by atoms with Gasteiger partial charge in [0.25, 0.3) is 5.56 Å². The summed E-state index contributed by atoms with van der Waals surface area (Å²) >= 11 is 0. The normalized spacial score (nSPS) is 19.1. The second-order valence-corrected chi connectivity index (χ2v) is 5.89. The average Bonchev–Trinajstić information content (AvgIpc) is 2.82. The number of nitrogen functional groups attached to an aromatic ring is 1. The molecule has 0 fully saturated rings. The second kappa shape index (κ2) is 6.48. The number of aliphatic hydroxyl groups is 1. The maximum atomic E-state index is 12.6. The lowest BCUT2D eigenvalue weighted by Crippen LogP contribution is -2.28. The van der Waals surface area contributed by atoms with Crippen molar-refractivity contribution in [1.82, 2.24) is 14.7 Å². The SMILES string of the molecule is CC1=C/C(=N\c2c(N)n3n(c2=O)CCCC3)C(NCCO)=CC1=O. The number of fused-ring (bicyclic) bond motifs is 1. The Kier molecular flexibility index (Phi) is 4.39. The van der Waals surface area contributed by atoms with Crippen LogP contribution in [0.3, 0.4) is 0 Å². The van der Waals surface area contributed by atoms with Gasteiger partial charge in [-0.2, -0.15) is 0 Å². The molecule has 3 rings (SSSR count). The van der Waals surface area contributed by atoms with Crippen LogP contribution in [0.2, 0.25) is 0 Å². The van der Waals surface area contributed by atoms with Crippen LogP contribution in [0.5, 0.6) is 0 Å². The molecule has 0 unspecified atom stereocenters. The largest absolute Gasteiger partial charge is 0.395 e. The third kappa shape index (κ3) is 2.80. The van der Waals surface area contributed by atoms with E-state index in [4.69, 9.17) is 10.8 Å². The third-order valence-corrected chi connectivity index (χ3v) is 4.19. The summed E-state index contributed by atoms with van der Waals surface area (Å²) in [6.07, 6.45) is 4.97. The number of hydrogen-bond acceptors (Lipinski definition) is 6. The molecule has 0 saturated heterocycles. The van der Waals surface area contributed by atoms with E-state index in [-0.39, 0.29) is 30.2 Å². The first kappa shape index (κ1) is 16.3. The lowest BCUT2D eigenvalue weighted by Gasteiger charge is -2.17. The predicted molar refractivity (Wildman–Crippen MR) is 91.4 cm³/mol. The van der Waals surface area contributed by atoms with Gasteiger partial charge in [0.2, 0.25) is 0 Å². The maximum Gasteiger partial charge on any atom is 0.294 e. The van der Waals surface area contributed by atoms with E-state index in [1.807, 2.05) is 0 Å². The monoisotopic (exact) mass is 331 g/mol. The minimum Gasteiger partial charge on any atom is -0.395 e. The molecule has 0 aromatic carbocycles. The van der Waals surface area contributed by atoms with Gasteiger partial charge in [-0.25, -0.2) is 9.67 Å². The van der Waals surface area contributed by atoms with Crippen LogP contribution in [0.1, 0.15) is 19.8 Å². The number of nitrogens with one attached hydrogen (secondary N) is 1. The molecule has 1 aromatic rings. The van der Waals surface area contributed by atoms with E-state index in [0.717, 1.165) is 12.8 Å². The summed E-state index contributed by atoms with van der Waals surface area (Å²) in [5, 5.41) is 11.9. The van der Waals surface area contributed by atoms with E-state index in [0.29, 0.717) is 35.9 Å². The Balaban J connectivity index is 2.06. The topological polar surface area (TPSA) is 115 Å². The quantitative estimate of drug-likeness (QED) is 0.677. The molecule has 24 heavy (non-hydrogen) atoms. The Morgan fingerprint density at radius 3 is 2.62 bits per heavy atom. The van der Waals surface area contributed by atoms with Gasteiger partial charge in [0.15, 0.2) is 17.3 Å². The van der Waals surface area contributed by atoms with Gasteiger partial charge in [0.1, 0.15) is 0 Å². The van der Waals surface area contributed by atoms with Crippen LogP contribution in [-0.2, 0) is 17.9 Å². The molecular formula is C16H21N5O3. The van der Waals surface area contributed by atoms with Gasteiger partial charge < -0.3 is 16.2 Å². The van der Waals surface area contributed by atoms with Crippen molar-refractivity contribution in [2.24, 2.45) is 4.99 Å². The van der Waals surface area contributed by atoms with Crippen molar-refractivity contribution >= 4 is 23.0 Å². The first-order valence-electron chi connectivity index (χ1n) is 8.00. The van der Waals surface area contributed by atoms with E-state index in [1.165, 1.54) is 6.08 Å². The number of nitrogens with two attached hydrogens (primary N) is 1. The van der Waals surface area contributed by atoms with Crippen LogP contribution in [0.4, 0.5) is 11.5 Å². The van der Waals surface area contributed by atoms with E-state index in [2.05, 4.69) is 10.3 Å². The molecule has 0 bridgehead atoms. The zero-order valence-electron chi connectivity index (χ0n) is 13.6. The number of aliphatic imine (C=N–C) groups is 1. The Bertz CT molecular complexity index is 826. The van der Waals surface area contributed by atoms with Crippen molar-refractivity contribution in [3.8, 4) is 0 Å². The molecular weight excluding hydrogens is 310 g/mol. The summed E-state index contributed by atoms with van der Waals surface area (Å²) < 4.78 is 3.38. The van der Waals surface area contributed by atoms with Crippen molar-refractivity contribution in [2.45, 2.75) is 32.9 Å². The lowest BCUT2D eigenvalue weighted by atomic mass is 10.0. The molecule has 0 radical (unpaired) electrons. The number of allylic oxidation sites excluding steroid dienone is 3. The molecule has 0 saturated carbocycles. The van der Waals surface area contributed by atoms with Crippen molar-refractivity contribution in [3.63, 3.8) is 0 Å². The summed E-state index contributed by atoms with van der Waals surface area (Å²) in [6.45, 7) is 3.23. The molecule has 2 aliphatic rings. The molecule has 2 heterocycles. The highest BCUT2D eigenvalue weighted by atomic mass is 16.3. The van der Waals surface area contributed by atoms with Crippen molar-refractivity contribution in [1.29, 1.82) is 0 Å². The Morgan fingerprint density at radius 1 is 1.25 bits per heavy atom. The van der Waals surface area contributed by atoms with Crippen LogP contribution in [0.15, 0.2) is 33.2 Å². The molecule has 128 valence electrons. The fraction of sp³-hybridized carbons (Fsp3) is 0.438. The molecule has 0 amide bonds. The van der Waals surface area contributed by atoms with E-state index in [1.54, 1.807) is 22.4 Å². The average molecular weight is 331 g/mol. The smallest absolute Gasteiger partial charge is 0.294 e. The predicted octanol–water partition coefficient (Wildman–Crippen LogP) is 0.0931. The van der Waals surface area contributed by atoms with Gasteiger partial charge >= 0.3 is 0 Å². The first-order chi connectivity index (χ1) is 11.5. The van der Waals surface area contributed by atoms with Gasteiger partial charge in [0, 0.05) is 25.7 Å². The summed E-state index contributed by atoms with van der Waals surface area (Å²) in [5.41, 5.74) is 7.57. The number of anilines is 1. The number of aliphatic hydroxyl groups excluding tert-OH is 1. The number of nitrogens with zero attached hydrogens (tertiary/aromatic N) is 3. The fourth-order valence-electron chi connectivity index (χ4n) is 2.90. The van der Waals surface area contributed by atoms with Gasteiger partial charge in [-0.3, -0.25) is 14.3 Å². The lowest BCUT2D eigenvalue weighted by molar-refractivity contribution is -0.111. The van der Waals surface area contributed by atoms with Crippen molar-refractivity contribution < 1.29 is 9.90 Å². The van der Waals surface area contributed by atoms with Crippen LogP contribution in [0, 0.1) is 0 Å². The minimum atomic E-state index is -0.218. The summed E-state index contributed by atoms with van der Waals surface area (Å²) in [4.78, 5) is 28.9. The molecule has 1 aromatic heterocycles. The zero-order chi connectivity index (χ0) is 17.3. The molecule has 0 spiro atoms. The van der Waals surface area contributed by atoms with Crippen LogP contribution in [0.25, 0.3) is 0 Å². The van der Waals surface area contributed by atoms with E-state index < -0.39 is 0 Å². The standard InChI is InChI=1S/C16H21N5O3/c1-10-8-12(11(9-13(10)23)18-4-7-22)19-14-15(17)20-5-2-3-6-21(20)16(14)24/h8-9,18,22H,2-7,17H2,1H3/b19-12+. The number of carbonyl (C=O) groups is 1. The second-order valence-electron chi connectivity index (χ2n) is 5.89. The molecule has 1 aliphatic heterocycles. The van der Waals surface area contributed by atoms with Crippen LogP contribution < -0.4 is 16.6 Å². The summed E-state index contributed by atoms with van der Waals surface area (Å²) in [5.74, 6) is 0.215. The Hall–Kier alpha value is -2.61. The molecule has 8 nitrogen and oxygen atoms in total. The third-order valence-electron chi connectivity index (χ3n) is 4.19.